The summed E-state index contributed by atoms with van der Waals surface area (Å²) in [5.74, 6) is 2.04. The molecule has 0 amide bonds. The third-order valence-electron chi connectivity index (χ3n) is 3.84. The molecule has 1 atom stereocenters. The summed E-state index contributed by atoms with van der Waals surface area (Å²) < 4.78 is 0. The van der Waals surface area contributed by atoms with Gasteiger partial charge in [-0.2, -0.15) is 0 Å². The van der Waals surface area contributed by atoms with Gasteiger partial charge in [0.15, 0.2) is 0 Å². The summed E-state index contributed by atoms with van der Waals surface area (Å²) in [7, 11) is 0. The molecule has 1 unspecified atom stereocenters. The molecule has 0 aromatic carbocycles. The molecular formula is C17H23N5. The minimum absolute atomic E-state index is 0.286. The van der Waals surface area contributed by atoms with Gasteiger partial charge in [0, 0.05) is 30.8 Å². The number of hydrogen-bond donors (Lipinski definition) is 2. The Morgan fingerprint density at radius 3 is 2.82 bits per heavy atom. The average molecular weight is 297 g/mol. The van der Waals surface area contributed by atoms with E-state index in [1.165, 1.54) is 12.8 Å². The van der Waals surface area contributed by atoms with Crippen LogP contribution in [0.5, 0.6) is 0 Å². The Morgan fingerprint density at radius 1 is 1.23 bits per heavy atom. The van der Waals surface area contributed by atoms with E-state index >= 15 is 0 Å². The predicted molar refractivity (Wildman–Crippen MR) is 88.9 cm³/mol. The SMILES string of the molecule is CC(C)c1nc(NC2CCCNC2)cc(-c2ccccn2)n1. The van der Waals surface area contributed by atoms with Crippen LogP contribution in [-0.4, -0.2) is 34.1 Å². The number of anilines is 1. The zero-order chi connectivity index (χ0) is 15.4. The largest absolute Gasteiger partial charge is 0.366 e. The monoisotopic (exact) mass is 297 g/mol. The molecule has 2 N–H and O–H groups in total. The minimum Gasteiger partial charge on any atom is -0.366 e. The Morgan fingerprint density at radius 2 is 2.14 bits per heavy atom. The molecule has 0 spiro atoms. The van der Waals surface area contributed by atoms with E-state index in [9.17, 15) is 0 Å². The second-order valence-electron chi connectivity index (χ2n) is 6.05. The van der Waals surface area contributed by atoms with Crippen LogP contribution in [0.4, 0.5) is 5.82 Å². The molecule has 5 heteroatoms. The first-order chi connectivity index (χ1) is 10.7. The number of aromatic nitrogens is 3. The Labute approximate surface area is 131 Å². The van der Waals surface area contributed by atoms with E-state index in [1.807, 2.05) is 24.3 Å². The van der Waals surface area contributed by atoms with Crippen molar-refractivity contribution in [2.24, 2.45) is 0 Å². The van der Waals surface area contributed by atoms with Crippen molar-refractivity contribution in [3.05, 3.63) is 36.3 Å². The minimum atomic E-state index is 0.286. The predicted octanol–water partition coefficient (Wildman–Crippen LogP) is 2.83. The summed E-state index contributed by atoms with van der Waals surface area (Å²) in [6.07, 6.45) is 4.17. The lowest BCUT2D eigenvalue weighted by Gasteiger charge is -2.24. The molecule has 3 rings (SSSR count). The first-order valence-electron chi connectivity index (χ1n) is 8.00. The molecule has 1 aliphatic heterocycles. The summed E-state index contributed by atoms with van der Waals surface area (Å²) in [4.78, 5) is 13.7. The van der Waals surface area contributed by atoms with Gasteiger partial charge in [0.2, 0.25) is 0 Å². The maximum Gasteiger partial charge on any atom is 0.134 e. The van der Waals surface area contributed by atoms with Gasteiger partial charge >= 0.3 is 0 Å². The van der Waals surface area contributed by atoms with Crippen molar-refractivity contribution in [1.29, 1.82) is 0 Å². The number of hydrogen-bond acceptors (Lipinski definition) is 5. The Hall–Kier alpha value is -2.01. The van der Waals surface area contributed by atoms with Gasteiger partial charge in [-0.1, -0.05) is 19.9 Å². The smallest absolute Gasteiger partial charge is 0.134 e. The molecule has 2 aromatic rings. The van der Waals surface area contributed by atoms with Crippen molar-refractivity contribution in [3.63, 3.8) is 0 Å². The lowest BCUT2D eigenvalue weighted by atomic mass is 10.1. The summed E-state index contributed by atoms with van der Waals surface area (Å²) in [6, 6.07) is 8.32. The third kappa shape index (κ3) is 3.60. The van der Waals surface area contributed by atoms with E-state index in [4.69, 9.17) is 0 Å². The van der Waals surface area contributed by atoms with Gasteiger partial charge in [0.25, 0.3) is 0 Å². The van der Waals surface area contributed by atoms with Gasteiger partial charge in [-0.25, -0.2) is 9.97 Å². The standard InChI is InChI=1S/C17H23N5/c1-12(2)17-21-15(14-7-3-4-9-19-14)10-16(22-17)20-13-6-5-8-18-11-13/h3-4,7,9-10,12-13,18H,5-6,8,11H2,1-2H3,(H,20,21,22). The molecule has 5 nitrogen and oxygen atoms in total. The van der Waals surface area contributed by atoms with Crippen LogP contribution in [0.1, 0.15) is 38.4 Å². The summed E-state index contributed by atoms with van der Waals surface area (Å²) in [6.45, 7) is 6.32. The molecule has 3 heterocycles. The molecule has 0 bridgehead atoms. The number of nitrogens with zero attached hydrogens (tertiary/aromatic N) is 3. The third-order valence-corrected chi connectivity index (χ3v) is 3.84. The lowest BCUT2D eigenvalue weighted by molar-refractivity contribution is 0.478. The van der Waals surface area contributed by atoms with Crippen LogP contribution in [0.15, 0.2) is 30.5 Å². The lowest BCUT2D eigenvalue weighted by Crippen LogP contribution is -2.38. The normalized spacial score (nSPS) is 18.4. The fourth-order valence-electron chi connectivity index (χ4n) is 2.63. The highest BCUT2D eigenvalue weighted by Crippen LogP contribution is 2.22. The summed E-state index contributed by atoms with van der Waals surface area (Å²) in [5.41, 5.74) is 1.77. The van der Waals surface area contributed by atoms with Crippen LogP contribution in [0, 0.1) is 0 Å². The van der Waals surface area contributed by atoms with E-state index in [1.54, 1.807) is 6.20 Å². The molecule has 0 aliphatic carbocycles. The highest BCUT2D eigenvalue weighted by Gasteiger charge is 2.15. The molecule has 2 aromatic heterocycles. The highest BCUT2D eigenvalue weighted by molar-refractivity contribution is 5.58. The van der Waals surface area contributed by atoms with Gasteiger partial charge in [-0.15, -0.1) is 0 Å². The number of nitrogens with one attached hydrogen (secondary N) is 2. The van der Waals surface area contributed by atoms with Crippen LogP contribution >= 0.6 is 0 Å². The van der Waals surface area contributed by atoms with Crippen LogP contribution in [-0.2, 0) is 0 Å². The van der Waals surface area contributed by atoms with Crippen molar-refractivity contribution in [2.45, 2.75) is 38.6 Å². The summed E-state index contributed by atoms with van der Waals surface area (Å²) in [5, 5.41) is 6.97. The van der Waals surface area contributed by atoms with E-state index < -0.39 is 0 Å². The van der Waals surface area contributed by atoms with Gasteiger partial charge < -0.3 is 10.6 Å². The van der Waals surface area contributed by atoms with Crippen molar-refractivity contribution < 1.29 is 0 Å². The Kier molecular flexibility index (Phi) is 4.63. The average Bonchev–Trinajstić information content (AvgIpc) is 2.56. The molecular weight excluding hydrogens is 274 g/mol. The van der Waals surface area contributed by atoms with Gasteiger partial charge in [0.1, 0.15) is 11.6 Å². The Balaban J connectivity index is 1.90. The maximum atomic E-state index is 4.67. The van der Waals surface area contributed by atoms with Crippen molar-refractivity contribution in [3.8, 4) is 11.4 Å². The van der Waals surface area contributed by atoms with Crippen molar-refractivity contribution >= 4 is 5.82 Å². The van der Waals surface area contributed by atoms with Crippen LogP contribution < -0.4 is 10.6 Å². The molecule has 0 radical (unpaired) electrons. The van der Waals surface area contributed by atoms with E-state index in [-0.39, 0.29) is 5.92 Å². The van der Waals surface area contributed by atoms with Gasteiger partial charge in [0.05, 0.1) is 11.4 Å². The molecule has 1 aliphatic rings. The highest BCUT2D eigenvalue weighted by atomic mass is 15.1. The van der Waals surface area contributed by atoms with E-state index in [0.29, 0.717) is 6.04 Å². The van der Waals surface area contributed by atoms with E-state index in [2.05, 4.69) is 39.4 Å². The topological polar surface area (TPSA) is 62.7 Å². The van der Waals surface area contributed by atoms with E-state index in [0.717, 1.165) is 36.1 Å². The zero-order valence-electron chi connectivity index (χ0n) is 13.2. The molecule has 1 fully saturated rings. The van der Waals surface area contributed by atoms with Crippen LogP contribution in [0.2, 0.25) is 0 Å². The molecule has 1 saturated heterocycles. The first kappa shape index (κ1) is 14.9. The van der Waals surface area contributed by atoms with Crippen LogP contribution in [0.25, 0.3) is 11.4 Å². The van der Waals surface area contributed by atoms with Gasteiger partial charge in [-0.05, 0) is 31.5 Å². The van der Waals surface area contributed by atoms with Crippen LogP contribution in [0.3, 0.4) is 0 Å². The second kappa shape index (κ2) is 6.83. The molecule has 0 saturated carbocycles. The first-order valence-corrected chi connectivity index (χ1v) is 8.00. The maximum absolute atomic E-state index is 4.67. The van der Waals surface area contributed by atoms with Crippen molar-refractivity contribution in [2.75, 3.05) is 18.4 Å². The van der Waals surface area contributed by atoms with Gasteiger partial charge in [-0.3, -0.25) is 4.98 Å². The fourth-order valence-corrected chi connectivity index (χ4v) is 2.63. The number of piperidine rings is 1. The molecule has 116 valence electrons. The Bertz CT molecular complexity index is 606. The number of rotatable bonds is 4. The number of pyridine rings is 1. The zero-order valence-corrected chi connectivity index (χ0v) is 13.2. The summed E-state index contributed by atoms with van der Waals surface area (Å²) >= 11 is 0. The fraction of sp³-hybridized carbons (Fsp3) is 0.471. The quantitative estimate of drug-likeness (QED) is 0.908. The molecule has 22 heavy (non-hydrogen) atoms. The van der Waals surface area contributed by atoms with Crippen molar-refractivity contribution in [1.82, 2.24) is 20.3 Å². The second-order valence-corrected chi connectivity index (χ2v) is 6.05.